The second-order valence-electron chi connectivity index (χ2n) is 15.7. The number of hydrogen-bond acceptors (Lipinski definition) is 8. The van der Waals surface area contributed by atoms with E-state index in [9.17, 15) is 14.4 Å². The van der Waals surface area contributed by atoms with Gasteiger partial charge < -0.3 is 23.4 Å². The van der Waals surface area contributed by atoms with E-state index in [4.69, 9.17) is 23.4 Å². The Labute approximate surface area is 305 Å². The van der Waals surface area contributed by atoms with Gasteiger partial charge in [0.15, 0.2) is 11.5 Å². The molecule has 0 N–H and O–H groups in total. The lowest BCUT2D eigenvalue weighted by atomic mass is 9.45. The summed E-state index contributed by atoms with van der Waals surface area (Å²) in [5.41, 5.74) is 3.51. The highest BCUT2D eigenvalue weighted by Gasteiger charge is 2.59. The van der Waals surface area contributed by atoms with Gasteiger partial charge in [-0.3, -0.25) is 4.79 Å². The van der Waals surface area contributed by atoms with E-state index in [2.05, 4.69) is 40.3 Å². The van der Waals surface area contributed by atoms with Crippen molar-refractivity contribution in [2.45, 2.75) is 125 Å². The lowest BCUT2D eigenvalue weighted by molar-refractivity contribution is -0.198. The van der Waals surface area contributed by atoms with Crippen LogP contribution in [0.4, 0.5) is 0 Å². The van der Waals surface area contributed by atoms with Crippen LogP contribution < -0.4 is 10.2 Å². The number of aryl methyl sites for hydroxylation is 1. The first kappa shape index (κ1) is 40.1. The number of ether oxygens (including phenoxy) is 4. The van der Waals surface area contributed by atoms with Crippen LogP contribution in [-0.2, 0) is 30.2 Å². The van der Waals surface area contributed by atoms with Gasteiger partial charge in [-0.25, -0.2) is 9.59 Å². The number of carbonyl (C=O) groups is 2. The van der Waals surface area contributed by atoms with Crippen molar-refractivity contribution in [3.05, 3.63) is 86.8 Å². The predicted octanol–water partition coefficient (Wildman–Crippen LogP) is 9.20. The summed E-state index contributed by atoms with van der Waals surface area (Å²) in [5, 5.41) is 0. The Bertz CT molecular complexity index is 1630. The van der Waals surface area contributed by atoms with Crippen LogP contribution in [0.15, 0.2) is 63.3 Å². The van der Waals surface area contributed by atoms with Crippen molar-refractivity contribution in [2.75, 3.05) is 14.2 Å². The van der Waals surface area contributed by atoms with E-state index in [0.29, 0.717) is 41.7 Å². The molecule has 0 aliphatic heterocycles. The number of esters is 2. The fourth-order valence-electron chi connectivity index (χ4n) is 8.85. The first-order chi connectivity index (χ1) is 24.1. The maximum Gasteiger partial charge on any atom is 0.348 e. The van der Waals surface area contributed by atoms with Crippen LogP contribution in [0.1, 0.15) is 115 Å². The zero-order chi connectivity index (χ0) is 37.7. The summed E-state index contributed by atoms with van der Waals surface area (Å²) >= 11 is 0. The molecule has 2 fully saturated rings. The summed E-state index contributed by atoms with van der Waals surface area (Å²) < 4.78 is 29.6. The summed E-state index contributed by atoms with van der Waals surface area (Å²) in [5.74, 6) is -0.396. The lowest BCUT2D eigenvalue weighted by Crippen LogP contribution is -2.58. The van der Waals surface area contributed by atoms with Crippen LogP contribution in [0.2, 0.25) is 0 Å². The molecule has 1 aromatic heterocycles. The minimum Gasteiger partial charge on any atom is -0.468 e. The quantitative estimate of drug-likeness (QED) is 0.142. The van der Waals surface area contributed by atoms with Crippen molar-refractivity contribution in [2.24, 2.45) is 28.6 Å². The minimum absolute atomic E-state index is 0.00682. The van der Waals surface area contributed by atoms with Crippen LogP contribution >= 0.6 is 0 Å². The van der Waals surface area contributed by atoms with Gasteiger partial charge in [-0.15, -0.1) is 0 Å². The van der Waals surface area contributed by atoms with Gasteiger partial charge >= 0.3 is 11.9 Å². The molecular formula is C43H60O8. The van der Waals surface area contributed by atoms with Crippen molar-refractivity contribution >= 4 is 11.9 Å². The largest absolute Gasteiger partial charge is 0.468 e. The van der Waals surface area contributed by atoms with Gasteiger partial charge in [-0.05, 0) is 102 Å². The molecule has 8 atom stereocenters. The zero-order valence-electron chi connectivity index (χ0n) is 32.6. The molecule has 8 nitrogen and oxygen atoms in total. The summed E-state index contributed by atoms with van der Waals surface area (Å²) in [7, 11) is 3.00. The molecule has 0 bridgehead atoms. The fraction of sp³-hybridized carbons (Fsp3) is 0.605. The van der Waals surface area contributed by atoms with Crippen LogP contribution in [0.25, 0.3) is 0 Å². The van der Waals surface area contributed by atoms with Crippen molar-refractivity contribution in [3.63, 3.8) is 0 Å². The van der Waals surface area contributed by atoms with Gasteiger partial charge in [-0.1, -0.05) is 81.8 Å². The monoisotopic (exact) mass is 704 g/mol. The molecule has 2 saturated carbocycles. The average molecular weight is 705 g/mol. The third kappa shape index (κ3) is 8.37. The maximum absolute atomic E-state index is 14.2. The van der Waals surface area contributed by atoms with Crippen molar-refractivity contribution in [1.82, 2.24) is 0 Å². The summed E-state index contributed by atoms with van der Waals surface area (Å²) in [6.45, 7) is 20.8. The summed E-state index contributed by atoms with van der Waals surface area (Å²) in [6, 6.07) is 9.14. The van der Waals surface area contributed by atoms with Crippen molar-refractivity contribution in [1.29, 1.82) is 0 Å². The highest BCUT2D eigenvalue weighted by atomic mass is 16.6. The Hall–Kier alpha value is -3.65. The number of methoxy groups -OCH3 is 2. The minimum atomic E-state index is -1.07. The molecule has 1 heterocycles. The zero-order valence-corrected chi connectivity index (χ0v) is 32.6. The van der Waals surface area contributed by atoms with E-state index in [0.717, 1.165) is 37.7 Å². The molecular weight excluding hydrogens is 644 g/mol. The van der Waals surface area contributed by atoms with Crippen LogP contribution in [0, 0.1) is 42.4 Å². The highest BCUT2D eigenvalue weighted by molar-refractivity contribution is 5.82. The van der Waals surface area contributed by atoms with E-state index in [1.807, 2.05) is 32.0 Å². The smallest absolute Gasteiger partial charge is 0.348 e. The van der Waals surface area contributed by atoms with Gasteiger partial charge in [-0.2, -0.15) is 0 Å². The van der Waals surface area contributed by atoms with Crippen LogP contribution in [0.5, 0.6) is 5.95 Å². The summed E-state index contributed by atoms with van der Waals surface area (Å²) in [6.07, 6.45) is 5.72. The molecule has 2 aromatic rings. The Morgan fingerprint density at radius 3 is 2.37 bits per heavy atom. The Morgan fingerprint density at radius 1 is 1.08 bits per heavy atom. The Kier molecular flexibility index (Phi) is 13.2. The molecule has 0 saturated heterocycles. The second kappa shape index (κ2) is 16.8. The number of allylic oxidation sites excluding steroid dienone is 3. The van der Waals surface area contributed by atoms with Gasteiger partial charge in [0.2, 0.25) is 6.10 Å². The molecule has 2 aliphatic carbocycles. The van der Waals surface area contributed by atoms with Gasteiger partial charge in [0.1, 0.15) is 11.9 Å². The molecule has 0 spiro atoms. The van der Waals surface area contributed by atoms with Gasteiger partial charge in [0, 0.05) is 24.0 Å². The predicted molar refractivity (Wildman–Crippen MR) is 200 cm³/mol. The molecule has 8 heteroatoms. The van der Waals surface area contributed by atoms with Crippen LogP contribution in [0.3, 0.4) is 0 Å². The van der Waals surface area contributed by atoms with Gasteiger partial charge in [0.05, 0.1) is 12.7 Å². The molecule has 1 aromatic carbocycles. The molecule has 4 rings (SSSR count). The Balaban J connectivity index is 1.67. The molecule has 280 valence electrons. The van der Waals surface area contributed by atoms with Gasteiger partial charge in [0.25, 0.3) is 5.95 Å². The molecule has 51 heavy (non-hydrogen) atoms. The number of fused-ring (bicyclic) bond motifs is 1. The van der Waals surface area contributed by atoms with Crippen molar-refractivity contribution in [3.8, 4) is 5.95 Å². The normalized spacial score (nSPS) is 26.3. The lowest BCUT2D eigenvalue weighted by Gasteiger charge is -2.61. The maximum atomic E-state index is 14.2. The van der Waals surface area contributed by atoms with Crippen molar-refractivity contribution < 1.29 is 33.0 Å². The van der Waals surface area contributed by atoms with E-state index < -0.39 is 29.6 Å². The number of rotatable bonds is 14. The highest BCUT2D eigenvalue weighted by Crippen LogP contribution is 2.63. The van der Waals surface area contributed by atoms with E-state index in [1.54, 1.807) is 26.0 Å². The SMILES string of the molecule is C=C1CC[C@H]2[C@](C)(CCC=C(C)C)[C@@H](OC(=O)[C@H](OC(=O)[C@H](OC)c3ccccc3)C(C)CC)CC[C@]2(C)[C@@H]1Cc1c(OC)oc(C)c(C)c1=O. The first-order valence-electron chi connectivity index (χ1n) is 18.6. The topological polar surface area (TPSA) is 101 Å². The third-order valence-corrected chi connectivity index (χ3v) is 12.2. The molecule has 2 aliphatic rings. The second-order valence-corrected chi connectivity index (χ2v) is 15.7. The fourth-order valence-corrected chi connectivity index (χ4v) is 8.85. The Morgan fingerprint density at radius 2 is 1.76 bits per heavy atom. The average Bonchev–Trinajstić information content (AvgIpc) is 3.10. The van der Waals surface area contributed by atoms with Crippen LogP contribution in [-0.4, -0.2) is 38.4 Å². The molecule has 1 unspecified atom stereocenters. The van der Waals surface area contributed by atoms with E-state index in [-0.39, 0.29) is 40.6 Å². The molecule has 0 amide bonds. The standard InChI is InChI=1S/C43H60O8/c1-12-27(4)37(51-40(46)38(47-10)31-18-14-13-15-19-31)39(45)50-35-22-24-42(8)33(25-32-36(44)29(6)30(7)49-41(32)48-11)28(5)20-21-34(42)43(35,9)23-16-17-26(2)3/h13-15,17-19,27,33-35,37-38H,5,12,16,20-25H2,1-4,6-11H3/t27?,33-,34-,35+,37-,38-,42-,43+/m1/s1. The van der Waals surface area contributed by atoms with E-state index in [1.165, 1.54) is 19.8 Å². The number of benzene rings is 1. The molecule has 0 radical (unpaired) electrons. The third-order valence-electron chi connectivity index (χ3n) is 12.2. The first-order valence-corrected chi connectivity index (χ1v) is 18.6. The van der Waals surface area contributed by atoms with E-state index >= 15 is 0 Å². The number of hydrogen-bond donors (Lipinski definition) is 0. The number of carbonyl (C=O) groups excluding carboxylic acids is 2. The summed E-state index contributed by atoms with van der Waals surface area (Å²) in [4.78, 5) is 41.3.